The standard InChI is InChI=1S/C10H19NO2.ClH/c1-8-7-13-10(2,11-8)6-9-4-3-5-12-9;/h8-9,11H,3-7H2,1-2H3;1H. The van der Waals surface area contributed by atoms with E-state index in [1.807, 2.05) is 0 Å². The van der Waals surface area contributed by atoms with Crippen LogP contribution in [0.4, 0.5) is 0 Å². The largest absolute Gasteiger partial charge is 0.378 e. The lowest BCUT2D eigenvalue weighted by Crippen LogP contribution is -2.43. The lowest BCUT2D eigenvalue weighted by atomic mass is 10.1. The third-order valence-electron chi connectivity index (χ3n) is 2.84. The van der Waals surface area contributed by atoms with Crippen LogP contribution >= 0.6 is 12.4 Å². The molecule has 14 heavy (non-hydrogen) atoms. The number of halogens is 1. The van der Waals surface area contributed by atoms with Crippen LogP contribution in [0.3, 0.4) is 0 Å². The van der Waals surface area contributed by atoms with Gasteiger partial charge in [0, 0.05) is 19.1 Å². The van der Waals surface area contributed by atoms with Crippen molar-refractivity contribution in [2.75, 3.05) is 13.2 Å². The molecule has 0 aromatic heterocycles. The van der Waals surface area contributed by atoms with Crippen molar-refractivity contribution in [3.63, 3.8) is 0 Å². The van der Waals surface area contributed by atoms with Gasteiger partial charge in [0.1, 0.15) is 5.72 Å². The highest BCUT2D eigenvalue weighted by Crippen LogP contribution is 2.26. The normalized spacial score (nSPS) is 42.4. The molecule has 0 bridgehead atoms. The van der Waals surface area contributed by atoms with Crippen LogP contribution in [0.25, 0.3) is 0 Å². The minimum Gasteiger partial charge on any atom is -0.378 e. The lowest BCUT2D eigenvalue weighted by molar-refractivity contribution is -0.0386. The molecule has 1 N–H and O–H groups in total. The number of rotatable bonds is 2. The Labute approximate surface area is 91.9 Å². The van der Waals surface area contributed by atoms with Crippen molar-refractivity contribution in [1.82, 2.24) is 5.32 Å². The fourth-order valence-electron chi connectivity index (χ4n) is 2.27. The summed E-state index contributed by atoms with van der Waals surface area (Å²) in [5, 5.41) is 3.45. The van der Waals surface area contributed by atoms with E-state index < -0.39 is 0 Å². The summed E-state index contributed by atoms with van der Waals surface area (Å²) in [7, 11) is 0. The Morgan fingerprint density at radius 2 is 2.29 bits per heavy atom. The molecule has 0 aromatic rings. The topological polar surface area (TPSA) is 30.5 Å². The van der Waals surface area contributed by atoms with Gasteiger partial charge in [0.25, 0.3) is 0 Å². The number of hydrogen-bond acceptors (Lipinski definition) is 3. The van der Waals surface area contributed by atoms with Crippen LogP contribution in [-0.2, 0) is 9.47 Å². The molecule has 2 aliphatic rings. The second kappa shape index (κ2) is 4.79. The Morgan fingerprint density at radius 3 is 2.79 bits per heavy atom. The monoisotopic (exact) mass is 221 g/mol. The predicted octanol–water partition coefficient (Wildman–Crippen LogP) is 1.70. The summed E-state index contributed by atoms with van der Waals surface area (Å²) in [5.74, 6) is 0. The van der Waals surface area contributed by atoms with E-state index in [9.17, 15) is 0 Å². The van der Waals surface area contributed by atoms with Gasteiger partial charge >= 0.3 is 0 Å². The van der Waals surface area contributed by atoms with Gasteiger partial charge in [0.15, 0.2) is 0 Å². The maximum atomic E-state index is 5.72. The predicted molar refractivity (Wildman–Crippen MR) is 57.8 cm³/mol. The van der Waals surface area contributed by atoms with E-state index in [0.29, 0.717) is 12.1 Å². The highest BCUT2D eigenvalue weighted by atomic mass is 35.5. The van der Waals surface area contributed by atoms with Gasteiger partial charge in [-0.3, -0.25) is 5.32 Å². The molecule has 2 heterocycles. The SMILES string of the molecule is CC1COC(C)(CC2CCCO2)N1.Cl. The fourth-order valence-corrected chi connectivity index (χ4v) is 2.27. The first-order chi connectivity index (χ1) is 6.18. The van der Waals surface area contributed by atoms with Crippen LogP contribution < -0.4 is 5.32 Å². The molecule has 3 unspecified atom stereocenters. The molecular formula is C10H20ClNO2. The van der Waals surface area contributed by atoms with Crippen LogP contribution in [0, 0.1) is 0 Å². The molecule has 2 saturated heterocycles. The summed E-state index contributed by atoms with van der Waals surface area (Å²) in [6.07, 6.45) is 3.78. The van der Waals surface area contributed by atoms with Crippen molar-refractivity contribution in [3.8, 4) is 0 Å². The Bertz CT molecular complexity index is 185. The first kappa shape index (κ1) is 12.2. The Morgan fingerprint density at radius 1 is 1.50 bits per heavy atom. The summed E-state index contributed by atoms with van der Waals surface area (Å²) in [4.78, 5) is 0. The Hall–Kier alpha value is 0.170. The van der Waals surface area contributed by atoms with Crippen molar-refractivity contribution in [1.29, 1.82) is 0 Å². The van der Waals surface area contributed by atoms with Gasteiger partial charge in [-0.15, -0.1) is 12.4 Å². The minimum atomic E-state index is -0.144. The zero-order chi connectivity index (χ0) is 9.31. The Balaban J connectivity index is 0.000000980. The molecule has 2 aliphatic heterocycles. The summed E-state index contributed by atoms with van der Waals surface area (Å²) in [5.41, 5.74) is -0.144. The third-order valence-corrected chi connectivity index (χ3v) is 2.84. The molecule has 0 amide bonds. The molecule has 0 spiro atoms. The number of hydrogen-bond donors (Lipinski definition) is 1. The summed E-state index contributed by atoms with van der Waals surface area (Å²) in [6, 6.07) is 0.478. The fraction of sp³-hybridized carbons (Fsp3) is 1.00. The molecule has 0 saturated carbocycles. The van der Waals surface area contributed by atoms with Gasteiger partial charge in [-0.1, -0.05) is 0 Å². The van der Waals surface area contributed by atoms with Crippen molar-refractivity contribution >= 4 is 12.4 Å². The van der Waals surface area contributed by atoms with Crippen LogP contribution in [0.1, 0.15) is 33.1 Å². The molecule has 3 atom stereocenters. The van der Waals surface area contributed by atoms with E-state index in [1.54, 1.807) is 0 Å². The van der Waals surface area contributed by atoms with Crippen molar-refractivity contribution < 1.29 is 9.47 Å². The van der Waals surface area contributed by atoms with Crippen LogP contribution in [0.5, 0.6) is 0 Å². The summed E-state index contributed by atoms with van der Waals surface area (Å²) in [6.45, 7) is 6.03. The number of ether oxygens (including phenoxy) is 2. The highest BCUT2D eigenvalue weighted by molar-refractivity contribution is 5.85. The van der Waals surface area contributed by atoms with E-state index >= 15 is 0 Å². The van der Waals surface area contributed by atoms with Crippen molar-refractivity contribution in [3.05, 3.63) is 0 Å². The van der Waals surface area contributed by atoms with E-state index in [2.05, 4.69) is 19.2 Å². The molecule has 84 valence electrons. The maximum absolute atomic E-state index is 5.72. The molecule has 0 aromatic carbocycles. The zero-order valence-electron chi connectivity index (χ0n) is 8.91. The third kappa shape index (κ3) is 2.83. The van der Waals surface area contributed by atoms with E-state index in [0.717, 1.165) is 19.6 Å². The average Bonchev–Trinajstić information content (AvgIpc) is 2.62. The van der Waals surface area contributed by atoms with Gasteiger partial charge in [-0.05, 0) is 26.7 Å². The molecule has 2 fully saturated rings. The number of nitrogens with one attached hydrogen (secondary N) is 1. The van der Waals surface area contributed by atoms with Crippen LogP contribution in [-0.4, -0.2) is 31.1 Å². The van der Waals surface area contributed by atoms with E-state index in [4.69, 9.17) is 9.47 Å². The zero-order valence-corrected chi connectivity index (χ0v) is 9.73. The van der Waals surface area contributed by atoms with Crippen molar-refractivity contribution in [2.45, 2.75) is 51.0 Å². The summed E-state index contributed by atoms with van der Waals surface area (Å²) < 4.78 is 11.3. The molecule has 0 aliphatic carbocycles. The Kier molecular flexibility index (Phi) is 4.19. The van der Waals surface area contributed by atoms with Gasteiger partial charge in [-0.2, -0.15) is 0 Å². The average molecular weight is 222 g/mol. The lowest BCUT2D eigenvalue weighted by Gasteiger charge is -2.26. The van der Waals surface area contributed by atoms with Gasteiger partial charge in [-0.25, -0.2) is 0 Å². The van der Waals surface area contributed by atoms with E-state index in [1.165, 1.54) is 12.8 Å². The van der Waals surface area contributed by atoms with Crippen LogP contribution in [0.15, 0.2) is 0 Å². The molecule has 0 radical (unpaired) electrons. The molecule has 2 rings (SSSR count). The van der Waals surface area contributed by atoms with Gasteiger partial charge in [0.05, 0.1) is 12.7 Å². The molecule has 4 heteroatoms. The second-order valence-electron chi connectivity index (χ2n) is 4.43. The van der Waals surface area contributed by atoms with Crippen molar-refractivity contribution in [2.24, 2.45) is 0 Å². The first-order valence-corrected chi connectivity index (χ1v) is 5.21. The first-order valence-electron chi connectivity index (χ1n) is 5.21. The minimum absolute atomic E-state index is 0. The van der Waals surface area contributed by atoms with Crippen LogP contribution in [0.2, 0.25) is 0 Å². The molecule has 3 nitrogen and oxygen atoms in total. The maximum Gasteiger partial charge on any atom is 0.119 e. The highest BCUT2D eigenvalue weighted by Gasteiger charge is 2.36. The molecular weight excluding hydrogens is 202 g/mol. The summed E-state index contributed by atoms with van der Waals surface area (Å²) >= 11 is 0. The van der Waals surface area contributed by atoms with Gasteiger partial charge < -0.3 is 9.47 Å². The van der Waals surface area contributed by atoms with E-state index in [-0.39, 0.29) is 18.1 Å². The smallest absolute Gasteiger partial charge is 0.119 e. The second-order valence-corrected chi connectivity index (χ2v) is 4.43. The quantitative estimate of drug-likeness (QED) is 0.770. The van der Waals surface area contributed by atoms with Gasteiger partial charge in [0.2, 0.25) is 0 Å².